The Balaban J connectivity index is 2.09. The second-order valence-corrected chi connectivity index (χ2v) is 10.2. The fraction of sp³-hybridized carbons (Fsp3) is 0.417. The first kappa shape index (κ1) is 19.4. The highest BCUT2D eigenvalue weighted by molar-refractivity contribution is 7.58. The molecular formula is C24H30N3P. The standard InChI is InChI=1S/C24H30N3P/c1-17(2)27(18(3)4)28-23(21-13-7-9-15-25-21)19-11-5-6-12-20(19)24(28)22-14-8-10-16-26-22/h7-10,13-18H,5-6,11-12H2,1-4H3. The molecule has 0 spiro atoms. The van der Waals surface area contributed by atoms with E-state index in [4.69, 9.17) is 9.97 Å². The van der Waals surface area contributed by atoms with E-state index in [1.165, 1.54) is 36.3 Å². The lowest BCUT2D eigenvalue weighted by molar-refractivity contribution is 0.651. The van der Waals surface area contributed by atoms with E-state index in [0.29, 0.717) is 12.1 Å². The molecule has 146 valence electrons. The molecule has 3 nitrogen and oxygen atoms in total. The van der Waals surface area contributed by atoms with Gasteiger partial charge >= 0.3 is 0 Å². The van der Waals surface area contributed by atoms with Crippen LogP contribution in [-0.2, 0) is 12.8 Å². The molecule has 0 bridgehead atoms. The molecule has 0 fully saturated rings. The molecule has 0 saturated heterocycles. The molecule has 3 heterocycles. The van der Waals surface area contributed by atoms with Crippen LogP contribution in [0.3, 0.4) is 0 Å². The average molecular weight is 391 g/mol. The zero-order valence-corrected chi connectivity index (χ0v) is 18.3. The Labute approximate surface area is 170 Å². The minimum atomic E-state index is -0.650. The topological polar surface area (TPSA) is 29.0 Å². The van der Waals surface area contributed by atoms with Gasteiger partial charge in [-0.25, -0.2) is 0 Å². The quantitative estimate of drug-likeness (QED) is 0.502. The largest absolute Gasteiger partial charge is 0.256 e. The fourth-order valence-corrected chi connectivity index (χ4v) is 7.93. The first-order valence-corrected chi connectivity index (χ1v) is 11.8. The lowest BCUT2D eigenvalue weighted by atomic mass is 9.91. The highest BCUT2D eigenvalue weighted by Gasteiger charge is 2.32. The number of hydrogen-bond donors (Lipinski definition) is 0. The smallest absolute Gasteiger partial charge is 0.0757 e. The second-order valence-electron chi connectivity index (χ2n) is 8.17. The van der Waals surface area contributed by atoms with Crippen molar-refractivity contribution in [3.05, 3.63) is 59.9 Å². The minimum absolute atomic E-state index is 0.463. The van der Waals surface area contributed by atoms with Crippen molar-refractivity contribution in [3.8, 4) is 22.0 Å². The van der Waals surface area contributed by atoms with Gasteiger partial charge in [0, 0.05) is 35.1 Å². The van der Waals surface area contributed by atoms with Crippen molar-refractivity contribution < 1.29 is 0 Å². The summed E-state index contributed by atoms with van der Waals surface area (Å²) in [5.41, 5.74) is 5.42. The molecule has 0 N–H and O–H groups in total. The summed E-state index contributed by atoms with van der Waals surface area (Å²) in [6, 6.07) is 13.6. The van der Waals surface area contributed by atoms with Crippen LogP contribution in [0.1, 0.15) is 51.7 Å². The average Bonchev–Trinajstić information content (AvgIpc) is 3.03. The molecule has 4 heteroatoms. The summed E-state index contributed by atoms with van der Waals surface area (Å²) in [4.78, 5) is 9.63. The highest BCUT2D eigenvalue weighted by Crippen LogP contribution is 2.58. The summed E-state index contributed by atoms with van der Waals surface area (Å²) in [6.07, 6.45) is 8.76. The molecule has 1 aliphatic carbocycles. The van der Waals surface area contributed by atoms with Gasteiger partial charge in [0.25, 0.3) is 0 Å². The first-order valence-electron chi connectivity index (χ1n) is 10.5. The molecule has 3 aromatic heterocycles. The SMILES string of the molecule is CC(C)N(C(C)C)p1c(-c2ccccn2)c2c(c1-c1ccccn1)CCCC2. The van der Waals surface area contributed by atoms with E-state index in [9.17, 15) is 0 Å². The van der Waals surface area contributed by atoms with Crippen LogP contribution in [0.15, 0.2) is 48.8 Å². The predicted octanol–water partition coefficient (Wildman–Crippen LogP) is 6.43. The number of aromatic nitrogens is 2. The summed E-state index contributed by atoms with van der Waals surface area (Å²) >= 11 is 0. The van der Waals surface area contributed by atoms with Gasteiger partial charge in [-0.2, -0.15) is 0 Å². The summed E-state index contributed by atoms with van der Waals surface area (Å²) in [5.74, 6) is 0. The number of nitrogens with zero attached hydrogens (tertiary/aromatic N) is 3. The molecule has 0 saturated carbocycles. The van der Waals surface area contributed by atoms with Crippen molar-refractivity contribution in [2.45, 2.75) is 65.5 Å². The van der Waals surface area contributed by atoms with Gasteiger partial charge in [0.1, 0.15) is 0 Å². The van der Waals surface area contributed by atoms with E-state index < -0.39 is 7.68 Å². The van der Waals surface area contributed by atoms with E-state index in [-0.39, 0.29) is 0 Å². The third-order valence-electron chi connectivity index (χ3n) is 5.57. The van der Waals surface area contributed by atoms with E-state index in [0.717, 1.165) is 11.4 Å². The Morgan fingerprint density at radius 3 is 1.57 bits per heavy atom. The zero-order chi connectivity index (χ0) is 19.7. The lowest BCUT2D eigenvalue weighted by Crippen LogP contribution is -2.34. The molecule has 1 aliphatic rings. The maximum Gasteiger partial charge on any atom is 0.0757 e. The van der Waals surface area contributed by atoms with Crippen LogP contribution in [0.25, 0.3) is 22.0 Å². The molecule has 0 radical (unpaired) electrons. The van der Waals surface area contributed by atoms with Gasteiger partial charge in [-0.15, -0.1) is 0 Å². The fourth-order valence-electron chi connectivity index (χ4n) is 4.62. The Kier molecular flexibility index (Phi) is 5.66. The molecule has 4 rings (SSSR count). The number of pyridine rings is 2. The first-order chi connectivity index (χ1) is 13.6. The van der Waals surface area contributed by atoms with Gasteiger partial charge in [-0.05, 0) is 96.5 Å². The third-order valence-corrected chi connectivity index (χ3v) is 8.80. The second kappa shape index (κ2) is 8.19. The summed E-state index contributed by atoms with van der Waals surface area (Å²) in [5, 5.41) is 2.96. The van der Waals surface area contributed by atoms with Crippen LogP contribution < -0.4 is 4.67 Å². The molecule has 0 aliphatic heterocycles. The number of hydrogen-bond acceptors (Lipinski definition) is 3. The number of fused-ring (bicyclic) bond motifs is 1. The molecule has 0 unspecified atom stereocenters. The van der Waals surface area contributed by atoms with Crippen LogP contribution in [0.5, 0.6) is 0 Å². The molecule has 0 aromatic carbocycles. The maximum atomic E-state index is 4.82. The maximum absolute atomic E-state index is 4.82. The molecule has 3 aromatic rings. The van der Waals surface area contributed by atoms with Crippen LogP contribution in [0, 0.1) is 0 Å². The van der Waals surface area contributed by atoms with Crippen molar-refractivity contribution in [3.63, 3.8) is 0 Å². The number of rotatable bonds is 5. The van der Waals surface area contributed by atoms with Crippen LogP contribution in [-0.4, -0.2) is 22.1 Å². The Bertz CT molecular complexity index is 854. The molecule has 0 atom stereocenters. The van der Waals surface area contributed by atoms with Crippen molar-refractivity contribution in [2.24, 2.45) is 0 Å². The van der Waals surface area contributed by atoms with Gasteiger partial charge in [0.15, 0.2) is 0 Å². The van der Waals surface area contributed by atoms with Gasteiger partial charge in [0.2, 0.25) is 0 Å². The molecule has 0 amide bonds. The summed E-state index contributed by atoms with van der Waals surface area (Å²) < 4.78 is 2.71. The Morgan fingerprint density at radius 1 is 0.750 bits per heavy atom. The predicted molar refractivity (Wildman–Crippen MR) is 121 cm³/mol. The van der Waals surface area contributed by atoms with Gasteiger partial charge in [-0.3, -0.25) is 14.6 Å². The van der Waals surface area contributed by atoms with Crippen molar-refractivity contribution >= 4 is 7.68 Å². The lowest BCUT2D eigenvalue weighted by Gasteiger charge is -2.33. The van der Waals surface area contributed by atoms with E-state index >= 15 is 0 Å². The zero-order valence-electron chi connectivity index (χ0n) is 17.4. The van der Waals surface area contributed by atoms with E-state index in [1.54, 1.807) is 11.1 Å². The van der Waals surface area contributed by atoms with Gasteiger partial charge in [-0.1, -0.05) is 12.1 Å². The molecular weight excluding hydrogens is 361 g/mol. The Hall–Kier alpha value is -1.96. The minimum Gasteiger partial charge on any atom is -0.256 e. The molecule has 28 heavy (non-hydrogen) atoms. The normalized spacial score (nSPS) is 14.1. The van der Waals surface area contributed by atoms with E-state index in [2.05, 4.69) is 56.6 Å². The van der Waals surface area contributed by atoms with Crippen molar-refractivity contribution in [1.82, 2.24) is 9.97 Å². The van der Waals surface area contributed by atoms with Crippen LogP contribution in [0.4, 0.5) is 0 Å². The summed E-state index contributed by atoms with van der Waals surface area (Å²) in [6.45, 7) is 9.30. The van der Waals surface area contributed by atoms with Crippen LogP contribution in [0.2, 0.25) is 0 Å². The third kappa shape index (κ3) is 3.43. The van der Waals surface area contributed by atoms with E-state index in [1.807, 2.05) is 24.5 Å². The van der Waals surface area contributed by atoms with Crippen LogP contribution >= 0.6 is 7.68 Å². The van der Waals surface area contributed by atoms with Crippen molar-refractivity contribution in [1.29, 1.82) is 0 Å². The Morgan fingerprint density at radius 2 is 1.21 bits per heavy atom. The van der Waals surface area contributed by atoms with Crippen molar-refractivity contribution in [2.75, 3.05) is 4.67 Å². The summed E-state index contributed by atoms with van der Waals surface area (Å²) in [7, 11) is -0.650. The highest BCUT2D eigenvalue weighted by atomic mass is 31.1. The van der Waals surface area contributed by atoms with Gasteiger partial charge in [0.05, 0.1) is 11.4 Å². The van der Waals surface area contributed by atoms with Gasteiger partial charge < -0.3 is 0 Å². The monoisotopic (exact) mass is 391 g/mol.